The van der Waals surface area contributed by atoms with Crippen LogP contribution in [0.2, 0.25) is 0 Å². The van der Waals surface area contributed by atoms with Crippen molar-refractivity contribution in [3.63, 3.8) is 0 Å². The number of hydrogen-bond acceptors (Lipinski definition) is 3. The SMILES string of the molecule is O=C(O)CC(NC(=O)Cc1ccc(F)cc1)c1cccs1. The zero-order valence-electron chi connectivity index (χ0n) is 11.1. The summed E-state index contributed by atoms with van der Waals surface area (Å²) in [6.45, 7) is 0. The van der Waals surface area contributed by atoms with E-state index < -0.39 is 12.0 Å². The summed E-state index contributed by atoms with van der Waals surface area (Å²) in [6.07, 6.45) is -0.0859. The number of carboxylic acid groups (broad SMARTS) is 1. The second-order valence-electron chi connectivity index (χ2n) is 4.54. The van der Waals surface area contributed by atoms with Gasteiger partial charge in [0.1, 0.15) is 5.82 Å². The van der Waals surface area contributed by atoms with Gasteiger partial charge in [-0.25, -0.2) is 4.39 Å². The third kappa shape index (κ3) is 4.68. The normalized spacial score (nSPS) is 11.9. The van der Waals surface area contributed by atoms with Crippen molar-refractivity contribution in [1.82, 2.24) is 5.32 Å². The molecule has 0 bridgehead atoms. The maximum absolute atomic E-state index is 12.8. The largest absolute Gasteiger partial charge is 0.481 e. The molecule has 2 N–H and O–H groups in total. The van der Waals surface area contributed by atoms with Crippen molar-refractivity contribution >= 4 is 23.2 Å². The molecule has 6 heteroatoms. The first-order valence-corrected chi connectivity index (χ1v) is 7.21. The van der Waals surface area contributed by atoms with Gasteiger partial charge in [0.2, 0.25) is 5.91 Å². The summed E-state index contributed by atoms with van der Waals surface area (Å²) in [5.41, 5.74) is 0.675. The van der Waals surface area contributed by atoms with Crippen molar-refractivity contribution in [1.29, 1.82) is 0 Å². The Balaban J connectivity index is 2.01. The maximum Gasteiger partial charge on any atom is 0.305 e. The van der Waals surface area contributed by atoms with Crippen molar-refractivity contribution in [3.8, 4) is 0 Å². The molecule has 0 saturated carbocycles. The molecule has 1 heterocycles. The van der Waals surface area contributed by atoms with Crippen molar-refractivity contribution < 1.29 is 19.1 Å². The number of thiophene rings is 1. The van der Waals surface area contributed by atoms with Crippen LogP contribution in [0, 0.1) is 5.82 Å². The highest BCUT2D eigenvalue weighted by atomic mass is 32.1. The van der Waals surface area contributed by atoms with Gasteiger partial charge in [-0.1, -0.05) is 18.2 Å². The number of carboxylic acids is 1. The smallest absolute Gasteiger partial charge is 0.305 e. The molecule has 0 saturated heterocycles. The van der Waals surface area contributed by atoms with Gasteiger partial charge in [-0.2, -0.15) is 0 Å². The molecule has 1 aromatic heterocycles. The van der Waals surface area contributed by atoms with E-state index in [9.17, 15) is 14.0 Å². The third-order valence-corrected chi connectivity index (χ3v) is 3.86. The van der Waals surface area contributed by atoms with E-state index >= 15 is 0 Å². The molecule has 4 nitrogen and oxygen atoms in total. The lowest BCUT2D eigenvalue weighted by molar-refractivity contribution is -0.137. The summed E-state index contributed by atoms with van der Waals surface area (Å²) in [7, 11) is 0. The molecule has 2 rings (SSSR count). The van der Waals surface area contributed by atoms with E-state index in [1.165, 1.54) is 35.6 Å². The minimum Gasteiger partial charge on any atom is -0.481 e. The third-order valence-electron chi connectivity index (χ3n) is 2.88. The molecule has 0 fully saturated rings. The standard InChI is InChI=1S/C15H14FNO3S/c16-11-5-3-10(4-6-11)8-14(18)17-12(9-15(19)20)13-2-1-7-21-13/h1-7,12H,8-9H2,(H,17,18)(H,19,20). The molecule has 0 aliphatic rings. The molecule has 0 spiro atoms. The molecule has 1 amide bonds. The van der Waals surface area contributed by atoms with Crippen molar-refractivity contribution in [2.24, 2.45) is 0 Å². The first-order valence-electron chi connectivity index (χ1n) is 6.33. The number of amides is 1. The Morgan fingerprint density at radius 3 is 2.52 bits per heavy atom. The molecular weight excluding hydrogens is 293 g/mol. The van der Waals surface area contributed by atoms with E-state index in [2.05, 4.69) is 5.32 Å². The predicted octanol–water partition coefficient (Wildman–Crippen LogP) is 2.76. The molecule has 0 aliphatic heterocycles. The minimum atomic E-state index is -0.976. The van der Waals surface area contributed by atoms with Crippen LogP contribution in [-0.4, -0.2) is 17.0 Å². The number of carbonyl (C=O) groups is 2. The van der Waals surface area contributed by atoms with Crippen molar-refractivity contribution in [3.05, 3.63) is 58.0 Å². The maximum atomic E-state index is 12.8. The number of benzene rings is 1. The van der Waals surface area contributed by atoms with E-state index in [0.717, 1.165) is 4.88 Å². The van der Waals surface area contributed by atoms with Gasteiger partial charge in [-0.3, -0.25) is 9.59 Å². The highest BCUT2D eigenvalue weighted by molar-refractivity contribution is 7.10. The van der Waals surface area contributed by atoms with Gasteiger partial charge in [0, 0.05) is 4.88 Å². The van der Waals surface area contributed by atoms with Gasteiger partial charge in [0.15, 0.2) is 0 Å². The number of halogens is 1. The molecule has 110 valence electrons. The molecular formula is C15H14FNO3S. The monoisotopic (exact) mass is 307 g/mol. The Labute approximate surface area is 125 Å². The van der Waals surface area contributed by atoms with Crippen LogP contribution in [0.1, 0.15) is 22.9 Å². The van der Waals surface area contributed by atoms with Gasteiger partial charge in [-0.15, -0.1) is 11.3 Å². The van der Waals surface area contributed by atoms with Crippen LogP contribution in [0.4, 0.5) is 4.39 Å². The lowest BCUT2D eigenvalue weighted by Crippen LogP contribution is -2.30. The highest BCUT2D eigenvalue weighted by Crippen LogP contribution is 2.22. The predicted molar refractivity (Wildman–Crippen MR) is 77.6 cm³/mol. The van der Waals surface area contributed by atoms with Crippen LogP contribution in [0.3, 0.4) is 0 Å². The summed E-state index contributed by atoms with van der Waals surface area (Å²) >= 11 is 1.40. The van der Waals surface area contributed by atoms with E-state index in [4.69, 9.17) is 5.11 Å². The Morgan fingerprint density at radius 1 is 1.24 bits per heavy atom. The van der Waals surface area contributed by atoms with Gasteiger partial charge >= 0.3 is 5.97 Å². The van der Waals surface area contributed by atoms with Gasteiger partial charge < -0.3 is 10.4 Å². The van der Waals surface area contributed by atoms with Crippen LogP contribution in [0.15, 0.2) is 41.8 Å². The van der Waals surface area contributed by atoms with E-state index in [1.54, 1.807) is 12.1 Å². The second-order valence-corrected chi connectivity index (χ2v) is 5.52. The zero-order chi connectivity index (χ0) is 15.2. The molecule has 1 atom stereocenters. The van der Waals surface area contributed by atoms with Crippen LogP contribution >= 0.6 is 11.3 Å². The zero-order valence-corrected chi connectivity index (χ0v) is 11.9. The van der Waals surface area contributed by atoms with E-state index in [1.807, 2.05) is 5.38 Å². The quantitative estimate of drug-likeness (QED) is 0.862. The fourth-order valence-corrected chi connectivity index (χ4v) is 2.70. The van der Waals surface area contributed by atoms with Crippen molar-refractivity contribution in [2.45, 2.75) is 18.9 Å². The van der Waals surface area contributed by atoms with E-state index in [-0.39, 0.29) is 24.6 Å². The van der Waals surface area contributed by atoms with Crippen LogP contribution in [-0.2, 0) is 16.0 Å². The minimum absolute atomic E-state index is 0.0851. The molecule has 1 aromatic carbocycles. The molecule has 2 aromatic rings. The number of carbonyl (C=O) groups excluding carboxylic acids is 1. The Kier molecular flexibility index (Phi) is 5.05. The number of hydrogen-bond donors (Lipinski definition) is 2. The van der Waals surface area contributed by atoms with E-state index in [0.29, 0.717) is 5.56 Å². The van der Waals surface area contributed by atoms with Gasteiger partial charge in [0.25, 0.3) is 0 Å². The van der Waals surface area contributed by atoms with Crippen LogP contribution < -0.4 is 5.32 Å². The molecule has 0 aliphatic carbocycles. The van der Waals surface area contributed by atoms with Crippen molar-refractivity contribution in [2.75, 3.05) is 0 Å². The Morgan fingerprint density at radius 2 is 1.95 bits per heavy atom. The molecule has 0 radical (unpaired) electrons. The summed E-state index contributed by atoms with van der Waals surface area (Å²) in [4.78, 5) is 23.7. The van der Waals surface area contributed by atoms with Crippen LogP contribution in [0.5, 0.6) is 0 Å². The summed E-state index contributed by atoms with van der Waals surface area (Å²) in [5.74, 6) is -1.63. The Hall–Kier alpha value is -2.21. The Bertz CT molecular complexity index is 610. The second kappa shape index (κ2) is 6.99. The fourth-order valence-electron chi connectivity index (χ4n) is 1.92. The lowest BCUT2D eigenvalue weighted by atomic mass is 10.1. The molecule has 21 heavy (non-hydrogen) atoms. The number of nitrogens with one attached hydrogen (secondary N) is 1. The average molecular weight is 307 g/mol. The van der Waals surface area contributed by atoms with Crippen LogP contribution in [0.25, 0.3) is 0 Å². The number of aliphatic carboxylic acids is 1. The topological polar surface area (TPSA) is 66.4 Å². The lowest BCUT2D eigenvalue weighted by Gasteiger charge is -2.15. The number of rotatable bonds is 6. The first-order chi connectivity index (χ1) is 10.0. The highest BCUT2D eigenvalue weighted by Gasteiger charge is 2.19. The average Bonchev–Trinajstić information content (AvgIpc) is 2.94. The van der Waals surface area contributed by atoms with Gasteiger partial charge in [0.05, 0.1) is 18.9 Å². The first kappa shape index (κ1) is 15.2. The molecule has 1 unspecified atom stereocenters. The summed E-state index contributed by atoms with van der Waals surface area (Å²) < 4.78 is 12.8. The summed E-state index contributed by atoms with van der Waals surface area (Å²) in [5, 5.41) is 13.5. The van der Waals surface area contributed by atoms with Gasteiger partial charge in [-0.05, 0) is 29.1 Å². The fraction of sp³-hybridized carbons (Fsp3) is 0.200. The summed E-state index contributed by atoms with van der Waals surface area (Å²) in [6, 6.07) is 8.69.